The summed E-state index contributed by atoms with van der Waals surface area (Å²) < 4.78 is 0. The maximum Gasteiger partial charge on any atom is 0.311 e. The van der Waals surface area contributed by atoms with Crippen LogP contribution >= 0.6 is 0 Å². The number of carboxylic acid groups (broad SMARTS) is 1. The van der Waals surface area contributed by atoms with Gasteiger partial charge in [-0.2, -0.15) is 5.26 Å². The van der Waals surface area contributed by atoms with Crippen LogP contribution in [0.3, 0.4) is 0 Å². The molecule has 18 heavy (non-hydrogen) atoms. The third-order valence-corrected chi connectivity index (χ3v) is 3.66. The van der Waals surface area contributed by atoms with Crippen LogP contribution in [-0.4, -0.2) is 22.1 Å². The number of anilines is 1. The van der Waals surface area contributed by atoms with E-state index >= 15 is 0 Å². The molecule has 1 saturated carbocycles. The van der Waals surface area contributed by atoms with E-state index in [4.69, 9.17) is 5.26 Å². The number of aliphatic carboxylic acids is 1. The molecule has 1 heterocycles. The van der Waals surface area contributed by atoms with Gasteiger partial charge in [-0.15, -0.1) is 0 Å². The summed E-state index contributed by atoms with van der Waals surface area (Å²) in [5, 5.41) is 21.3. The summed E-state index contributed by atoms with van der Waals surface area (Å²) in [6.45, 7) is 1.77. The summed E-state index contributed by atoms with van der Waals surface area (Å²) in [5.41, 5.74) is 0.340. The van der Waals surface area contributed by atoms with E-state index in [1.165, 1.54) is 0 Å². The van der Waals surface area contributed by atoms with Crippen LogP contribution in [0.5, 0.6) is 0 Å². The number of aromatic nitrogens is 1. The number of hydrogen-bond donors (Lipinski definition) is 2. The van der Waals surface area contributed by atoms with Crippen LogP contribution in [0.2, 0.25) is 0 Å². The number of hydrogen-bond acceptors (Lipinski definition) is 4. The minimum Gasteiger partial charge on any atom is -0.481 e. The van der Waals surface area contributed by atoms with Crippen LogP contribution in [0.25, 0.3) is 0 Å². The first-order chi connectivity index (χ1) is 8.56. The molecular formula is C13H15N3O2. The molecule has 0 spiro atoms. The van der Waals surface area contributed by atoms with E-state index in [9.17, 15) is 9.90 Å². The Morgan fingerprint density at radius 3 is 3.17 bits per heavy atom. The average molecular weight is 245 g/mol. The molecule has 0 aromatic carbocycles. The number of nitrogens with one attached hydrogen (secondary N) is 1. The molecule has 2 N–H and O–H groups in total. The van der Waals surface area contributed by atoms with Crippen molar-refractivity contribution < 1.29 is 9.90 Å². The van der Waals surface area contributed by atoms with Crippen molar-refractivity contribution >= 4 is 11.7 Å². The molecule has 2 unspecified atom stereocenters. The predicted molar refractivity (Wildman–Crippen MR) is 66.0 cm³/mol. The van der Waals surface area contributed by atoms with Crippen LogP contribution < -0.4 is 5.32 Å². The minimum absolute atomic E-state index is 0.107. The fourth-order valence-corrected chi connectivity index (χ4v) is 2.44. The Bertz CT molecular complexity index is 509. The smallest absolute Gasteiger partial charge is 0.311 e. The van der Waals surface area contributed by atoms with Crippen molar-refractivity contribution in [1.29, 1.82) is 5.26 Å². The largest absolute Gasteiger partial charge is 0.481 e. The van der Waals surface area contributed by atoms with Gasteiger partial charge >= 0.3 is 5.97 Å². The summed E-state index contributed by atoms with van der Waals surface area (Å²) >= 11 is 0. The molecule has 0 amide bonds. The zero-order chi connectivity index (χ0) is 13.2. The molecular weight excluding hydrogens is 230 g/mol. The van der Waals surface area contributed by atoms with Gasteiger partial charge in [0.25, 0.3) is 0 Å². The summed E-state index contributed by atoms with van der Waals surface area (Å²) in [6, 6.07) is 5.25. The first-order valence-corrected chi connectivity index (χ1v) is 5.92. The summed E-state index contributed by atoms with van der Waals surface area (Å²) in [7, 11) is 0. The normalized spacial score (nSPS) is 26.6. The molecule has 0 bridgehead atoms. The van der Waals surface area contributed by atoms with Gasteiger partial charge in [0.2, 0.25) is 0 Å². The molecule has 0 radical (unpaired) electrons. The number of pyridine rings is 1. The Labute approximate surface area is 105 Å². The molecule has 1 aliphatic carbocycles. The van der Waals surface area contributed by atoms with Crippen molar-refractivity contribution in [2.75, 3.05) is 5.32 Å². The van der Waals surface area contributed by atoms with Gasteiger partial charge in [-0.05, 0) is 31.9 Å². The summed E-state index contributed by atoms with van der Waals surface area (Å²) in [6.07, 6.45) is 3.95. The van der Waals surface area contributed by atoms with Crippen LogP contribution in [-0.2, 0) is 4.79 Å². The van der Waals surface area contributed by atoms with Crippen molar-refractivity contribution in [3.63, 3.8) is 0 Å². The second-order valence-corrected chi connectivity index (χ2v) is 4.85. The van der Waals surface area contributed by atoms with Crippen LogP contribution in [0.15, 0.2) is 18.3 Å². The van der Waals surface area contributed by atoms with E-state index in [0.29, 0.717) is 12.1 Å². The maximum absolute atomic E-state index is 11.3. The third kappa shape index (κ3) is 2.14. The Morgan fingerprint density at radius 2 is 2.50 bits per heavy atom. The Balaban J connectivity index is 2.18. The number of nitriles is 1. The van der Waals surface area contributed by atoms with Crippen LogP contribution in [0.1, 0.15) is 31.9 Å². The number of carboxylic acids is 1. The van der Waals surface area contributed by atoms with E-state index in [1.54, 1.807) is 25.3 Å². The lowest BCUT2D eigenvalue weighted by Crippen LogP contribution is -2.40. The van der Waals surface area contributed by atoms with E-state index < -0.39 is 11.4 Å². The predicted octanol–water partition coefficient (Wildman–Crippen LogP) is 2.01. The van der Waals surface area contributed by atoms with E-state index in [0.717, 1.165) is 18.5 Å². The average Bonchev–Trinajstić information content (AvgIpc) is 2.73. The molecule has 1 fully saturated rings. The number of carbonyl (C=O) groups is 1. The zero-order valence-electron chi connectivity index (χ0n) is 10.2. The lowest BCUT2D eigenvalue weighted by atomic mass is 9.85. The van der Waals surface area contributed by atoms with Crippen molar-refractivity contribution in [2.45, 2.75) is 32.2 Å². The Kier molecular flexibility index (Phi) is 3.19. The van der Waals surface area contributed by atoms with Crippen molar-refractivity contribution in [1.82, 2.24) is 4.98 Å². The summed E-state index contributed by atoms with van der Waals surface area (Å²) in [5.74, 6) is -0.771. The molecule has 5 heteroatoms. The first kappa shape index (κ1) is 12.4. The SMILES string of the molecule is CC1(C(=O)O)CCCC1Nc1ccnc(C#N)c1. The lowest BCUT2D eigenvalue weighted by Gasteiger charge is -2.28. The van der Waals surface area contributed by atoms with Gasteiger partial charge < -0.3 is 10.4 Å². The van der Waals surface area contributed by atoms with E-state index in [1.807, 2.05) is 6.07 Å². The molecule has 5 nitrogen and oxygen atoms in total. The fraction of sp³-hybridized carbons (Fsp3) is 0.462. The zero-order valence-corrected chi connectivity index (χ0v) is 10.2. The Morgan fingerprint density at radius 1 is 1.72 bits per heavy atom. The highest BCUT2D eigenvalue weighted by Crippen LogP contribution is 2.39. The maximum atomic E-state index is 11.3. The lowest BCUT2D eigenvalue weighted by molar-refractivity contribution is -0.147. The molecule has 1 aromatic rings. The number of nitrogens with zero attached hydrogens (tertiary/aromatic N) is 2. The van der Waals surface area contributed by atoms with Crippen LogP contribution in [0, 0.1) is 16.7 Å². The highest BCUT2D eigenvalue weighted by Gasteiger charge is 2.45. The fourth-order valence-electron chi connectivity index (χ4n) is 2.44. The van der Waals surface area contributed by atoms with Gasteiger partial charge in [0, 0.05) is 17.9 Å². The number of rotatable bonds is 3. The van der Waals surface area contributed by atoms with Gasteiger partial charge in [-0.3, -0.25) is 4.79 Å². The van der Waals surface area contributed by atoms with Gasteiger partial charge in [0.05, 0.1) is 5.41 Å². The molecule has 1 aromatic heterocycles. The minimum atomic E-state index is -0.771. The van der Waals surface area contributed by atoms with Gasteiger partial charge in [-0.25, -0.2) is 4.98 Å². The highest BCUT2D eigenvalue weighted by atomic mass is 16.4. The van der Waals surface area contributed by atoms with Gasteiger partial charge in [-0.1, -0.05) is 6.42 Å². The second-order valence-electron chi connectivity index (χ2n) is 4.85. The van der Waals surface area contributed by atoms with E-state index in [2.05, 4.69) is 10.3 Å². The topological polar surface area (TPSA) is 86.0 Å². The monoisotopic (exact) mass is 245 g/mol. The molecule has 1 aliphatic rings. The third-order valence-electron chi connectivity index (χ3n) is 3.66. The van der Waals surface area contributed by atoms with Gasteiger partial charge in [0.15, 0.2) is 0 Å². The van der Waals surface area contributed by atoms with Crippen molar-refractivity contribution in [2.24, 2.45) is 5.41 Å². The molecule has 2 atom stereocenters. The molecule has 0 saturated heterocycles. The quantitative estimate of drug-likeness (QED) is 0.850. The van der Waals surface area contributed by atoms with Gasteiger partial charge in [0.1, 0.15) is 11.8 Å². The second kappa shape index (κ2) is 4.65. The summed E-state index contributed by atoms with van der Waals surface area (Å²) in [4.78, 5) is 15.2. The molecule has 94 valence electrons. The highest BCUT2D eigenvalue weighted by molar-refractivity contribution is 5.76. The molecule has 2 rings (SSSR count). The standard InChI is InChI=1S/C13H15N3O2/c1-13(12(17)18)5-2-3-11(13)16-9-4-6-15-10(7-9)8-14/h4,6-7,11H,2-3,5H2,1H3,(H,15,16)(H,17,18). The van der Waals surface area contributed by atoms with Crippen molar-refractivity contribution in [3.8, 4) is 6.07 Å². The van der Waals surface area contributed by atoms with Crippen LogP contribution in [0.4, 0.5) is 5.69 Å². The van der Waals surface area contributed by atoms with Crippen molar-refractivity contribution in [3.05, 3.63) is 24.0 Å². The Hall–Kier alpha value is -2.09. The molecule has 0 aliphatic heterocycles. The van der Waals surface area contributed by atoms with E-state index in [-0.39, 0.29) is 6.04 Å². The first-order valence-electron chi connectivity index (χ1n) is 5.92.